The van der Waals surface area contributed by atoms with Crippen molar-refractivity contribution in [3.05, 3.63) is 63.2 Å². The number of methoxy groups -OCH3 is 1. The number of para-hydroxylation sites is 1. The molecular formula is C30H41N5O4S. The molecule has 3 N–H and O–H groups in total. The number of hydrogen-bond acceptors (Lipinski definition) is 6. The number of nitrogens with zero attached hydrogens (tertiary/aromatic N) is 2. The molecule has 4 rings (SSSR count). The zero-order valence-corrected chi connectivity index (χ0v) is 24.8. The number of piperidine rings is 1. The summed E-state index contributed by atoms with van der Waals surface area (Å²) in [6.07, 6.45) is 2.55. The Kier molecular flexibility index (Phi) is 9.97. The van der Waals surface area contributed by atoms with Crippen LogP contribution in [0.15, 0.2) is 35.1 Å². The maximum Gasteiger partial charge on any atom is 0.256 e. The zero-order chi connectivity index (χ0) is 28.8. The quantitative estimate of drug-likeness (QED) is 0.265. The Labute approximate surface area is 241 Å². The highest BCUT2D eigenvalue weighted by atomic mass is 32.1. The molecule has 9 nitrogen and oxygen atoms in total. The van der Waals surface area contributed by atoms with Crippen LogP contribution in [0.25, 0.3) is 10.9 Å². The number of thiol groups is 1. The summed E-state index contributed by atoms with van der Waals surface area (Å²) < 4.78 is 7.70. The molecule has 1 aliphatic heterocycles. The number of aromatic amines is 1. The molecule has 1 fully saturated rings. The topological polar surface area (TPSA) is 108 Å². The number of nitrogens with one attached hydrogen (secondary N) is 3. The first kappa shape index (κ1) is 29.7. The van der Waals surface area contributed by atoms with Gasteiger partial charge in [-0.05, 0) is 70.5 Å². The number of carbonyl (C=O) groups excluding carboxylic acids is 2. The monoisotopic (exact) mass is 567 g/mol. The summed E-state index contributed by atoms with van der Waals surface area (Å²) in [5.41, 5.74) is 3.43. The van der Waals surface area contributed by atoms with E-state index in [1.165, 1.54) is 7.11 Å². The average Bonchev–Trinajstić information content (AvgIpc) is 3.23. The van der Waals surface area contributed by atoms with Gasteiger partial charge in [0.05, 0.1) is 24.8 Å². The van der Waals surface area contributed by atoms with E-state index in [2.05, 4.69) is 50.7 Å². The summed E-state index contributed by atoms with van der Waals surface area (Å²) in [7, 11) is 1.52. The highest BCUT2D eigenvalue weighted by Gasteiger charge is 2.29. The number of carbonyl (C=O) groups is 2. The molecule has 216 valence electrons. The second-order valence-electron chi connectivity index (χ2n) is 10.6. The lowest BCUT2D eigenvalue weighted by molar-refractivity contribution is -0.120. The molecule has 10 heteroatoms. The third-order valence-electron chi connectivity index (χ3n) is 8.07. The molecule has 3 heterocycles. The lowest BCUT2D eigenvalue weighted by Gasteiger charge is -2.36. The molecule has 0 bridgehead atoms. The molecule has 2 amide bonds. The molecule has 0 spiro atoms. The number of aromatic nitrogens is 2. The van der Waals surface area contributed by atoms with Crippen molar-refractivity contribution in [3.8, 4) is 5.75 Å². The number of fused-ring (bicyclic) bond motifs is 1. The van der Waals surface area contributed by atoms with Crippen LogP contribution in [0.1, 0.15) is 59.5 Å². The van der Waals surface area contributed by atoms with Crippen molar-refractivity contribution in [2.24, 2.45) is 5.92 Å². The Balaban J connectivity index is 1.47. The van der Waals surface area contributed by atoms with Gasteiger partial charge >= 0.3 is 0 Å². The van der Waals surface area contributed by atoms with Crippen molar-refractivity contribution in [1.82, 2.24) is 25.1 Å². The van der Waals surface area contributed by atoms with Crippen LogP contribution in [0, 0.1) is 19.8 Å². The zero-order valence-electron chi connectivity index (χ0n) is 23.9. The van der Waals surface area contributed by atoms with Gasteiger partial charge < -0.3 is 29.8 Å². The van der Waals surface area contributed by atoms with E-state index in [-0.39, 0.29) is 30.0 Å². The highest BCUT2D eigenvalue weighted by molar-refractivity contribution is 7.80. The molecule has 0 radical (unpaired) electrons. The van der Waals surface area contributed by atoms with Gasteiger partial charge in [0.2, 0.25) is 5.91 Å². The Morgan fingerprint density at radius 1 is 1.18 bits per heavy atom. The third kappa shape index (κ3) is 6.55. The standard InChI is InChI=1S/C30H41N5O4S/c1-19-17-26(39-4)24(29(37)33-19)18-32-30(38)28-21(3)35(25-8-6-5-7-23(25)28)20(2)22-9-13-34(14-10-22)15-12-31-27(36)11-16-40/h5-8,17,20,22,40H,9-16,18H2,1-4H3,(H,31,36)(H,32,38)(H,33,37)/t20-/m1/s1. The number of H-pyrrole nitrogens is 1. The molecule has 0 saturated carbocycles. The summed E-state index contributed by atoms with van der Waals surface area (Å²) in [6.45, 7) is 9.59. The molecule has 0 unspecified atom stereocenters. The minimum atomic E-state index is -0.267. The van der Waals surface area contributed by atoms with Crippen molar-refractivity contribution in [1.29, 1.82) is 0 Å². The van der Waals surface area contributed by atoms with E-state index in [0.717, 1.165) is 49.1 Å². The lowest BCUT2D eigenvalue weighted by atomic mass is 9.90. The van der Waals surface area contributed by atoms with E-state index in [4.69, 9.17) is 4.74 Å². The van der Waals surface area contributed by atoms with Gasteiger partial charge in [0.15, 0.2) is 0 Å². The maximum absolute atomic E-state index is 13.6. The van der Waals surface area contributed by atoms with E-state index >= 15 is 0 Å². The van der Waals surface area contributed by atoms with Gasteiger partial charge in [-0.1, -0.05) is 18.2 Å². The maximum atomic E-state index is 13.6. The van der Waals surface area contributed by atoms with Crippen LogP contribution in [0.5, 0.6) is 5.75 Å². The molecule has 1 atom stereocenters. The van der Waals surface area contributed by atoms with E-state index in [0.29, 0.717) is 47.2 Å². The molecule has 3 aromatic rings. The van der Waals surface area contributed by atoms with Crippen molar-refractivity contribution in [2.75, 3.05) is 39.0 Å². The summed E-state index contributed by atoms with van der Waals surface area (Å²) in [5, 5.41) is 6.84. The van der Waals surface area contributed by atoms with Crippen molar-refractivity contribution in [3.63, 3.8) is 0 Å². The van der Waals surface area contributed by atoms with Gasteiger partial charge in [-0.15, -0.1) is 0 Å². The van der Waals surface area contributed by atoms with Crippen LogP contribution < -0.4 is 20.9 Å². The molecule has 1 aromatic carbocycles. The average molecular weight is 568 g/mol. The summed E-state index contributed by atoms with van der Waals surface area (Å²) in [6, 6.07) is 10.00. The predicted octanol–water partition coefficient (Wildman–Crippen LogP) is 3.59. The van der Waals surface area contributed by atoms with E-state index in [9.17, 15) is 14.4 Å². The van der Waals surface area contributed by atoms with E-state index < -0.39 is 0 Å². The Morgan fingerprint density at radius 3 is 2.60 bits per heavy atom. The molecule has 2 aromatic heterocycles. The first-order chi connectivity index (χ1) is 19.2. The van der Waals surface area contributed by atoms with Crippen LogP contribution in [0.3, 0.4) is 0 Å². The van der Waals surface area contributed by atoms with Crippen LogP contribution >= 0.6 is 12.6 Å². The van der Waals surface area contributed by atoms with Crippen LogP contribution in [-0.4, -0.2) is 65.3 Å². The smallest absolute Gasteiger partial charge is 0.256 e. The fourth-order valence-electron chi connectivity index (χ4n) is 5.91. The van der Waals surface area contributed by atoms with E-state index in [1.54, 1.807) is 13.0 Å². The lowest BCUT2D eigenvalue weighted by Crippen LogP contribution is -2.41. The third-order valence-corrected chi connectivity index (χ3v) is 8.29. The second-order valence-corrected chi connectivity index (χ2v) is 11.0. The molecular weight excluding hydrogens is 526 g/mol. The molecule has 40 heavy (non-hydrogen) atoms. The number of benzene rings is 1. The number of ether oxygens (including phenoxy) is 1. The van der Waals surface area contributed by atoms with Crippen molar-refractivity contribution >= 4 is 35.3 Å². The van der Waals surface area contributed by atoms with Gasteiger partial charge in [-0.2, -0.15) is 12.6 Å². The molecule has 1 saturated heterocycles. The largest absolute Gasteiger partial charge is 0.496 e. The van der Waals surface area contributed by atoms with Gasteiger partial charge in [0.25, 0.3) is 11.5 Å². The molecule has 0 aliphatic carbocycles. The summed E-state index contributed by atoms with van der Waals surface area (Å²) >= 11 is 4.11. The number of likely N-dealkylation sites (tertiary alicyclic amines) is 1. The SMILES string of the molecule is COc1cc(C)[nH]c(=O)c1CNC(=O)c1c(C)n([C@H](C)C2CCN(CCNC(=O)CCS)CC2)c2ccccc12. The first-order valence-corrected chi connectivity index (χ1v) is 14.6. The Morgan fingerprint density at radius 2 is 1.90 bits per heavy atom. The minimum absolute atomic E-state index is 0.0538. The fraction of sp³-hybridized carbons (Fsp3) is 0.500. The number of amides is 2. The first-order valence-electron chi connectivity index (χ1n) is 14.0. The van der Waals surface area contributed by atoms with Crippen LogP contribution in [0.4, 0.5) is 0 Å². The number of aryl methyl sites for hydroxylation is 1. The van der Waals surface area contributed by atoms with E-state index in [1.807, 2.05) is 25.1 Å². The summed E-state index contributed by atoms with van der Waals surface area (Å²) in [4.78, 5) is 43.0. The Bertz CT molecular complexity index is 1410. The minimum Gasteiger partial charge on any atom is -0.496 e. The highest BCUT2D eigenvalue weighted by Crippen LogP contribution is 2.35. The number of rotatable bonds is 11. The van der Waals surface area contributed by atoms with Gasteiger partial charge in [-0.25, -0.2) is 0 Å². The molecule has 1 aliphatic rings. The number of pyridine rings is 1. The van der Waals surface area contributed by atoms with Crippen LogP contribution in [0.2, 0.25) is 0 Å². The van der Waals surface area contributed by atoms with Crippen molar-refractivity contribution < 1.29 is 14.3 Å². The van der Waals surface area contributed by atoms with Gasteiger partial charge in [-0.3, -0.25) is 14.4 Å². The predicted molar refractivity (Wildman–Crippen MR) is 162 cm³/mol. The normalized spacial score (nSPS) is 15.2. The van der Waals surface area contributed by atoms with Crippen molar-refractivity contribution in [2.45, 2.75) is 52.6 Å². The fourth-order valence-corrected chi connectivity index (χ4v) is 6.11. The number of hydrogen-bond donors (Lipinski definition) is 4. The summed E-state index contributed by atoms with van der Waals surface area (Å²) in [5.74, 6) is 1.33. The second kappa shape index (κ2) is 13.4. The van der Waals surface area contributed by atoms with Gasteiger partial charge in [0.1, 0.15) is 5.75 Å². The van der Waals surface area contributed by atoms with Crippen LogP contribution in [-0.2, 0) is 11.3 Å². The Hall–Kier alpha value is -3.24. The van der Waals surface area contributed by atoms with Gasteiger partial charge in [0, 0.05) is 47.8 Å².